The minimum atomic E-state index is -0.755. The van der Waals surface area contributed by atoms with Crippen LogP contribution in [0.15, 0.2) is 65.4 Å². The monoisotopic (exact) mass is 540 g/mol. The van der Waals surface area contributed by atoms with Crippen molar-refractivity contribution in [2.24, 2.45) is 0 Å². The Labute approximate surface area is 279 Å². The first-order chi connectivity index (χ1) is 20.9. The lowest BCUT2D eigenvalue weighted by molar-refractivity contribution is 0.112. The van der Waals surface area contributed by atoms with E-state index in [-0.39, 0.29) is 45.8 Å². The number of rotatable bonds is 18. The highest BCUT2D eigenvalue weighted by Gasteiger charge is 2.44. The topological polar surface area (TPSA) is 44.8 Å². The molecule has 2 aromatic rings. The fraction of sp³-hybridized carbons (Fsp3) is 0.150. The molecule has 2 aliphatic heterocycles. The van der Waals surface area contributed by atoms with Gasteiger partial charge < -0.3 is 14.2 Å². The third-order valence-electron chi connectivity index (χ3n) is 8.07. The number of hydrogen-bond acceptors (Lipinski definition) is 4. The number of carbonyl (C=O) groups excluding carboxylic acids is 1. The summed E-state index contributed by atoms with van der Waals surface area (Å²) < 4.78 is 18.2. The number of hydrogen-bond donors (Lipinski definition) is 0. The van der Waals surface area contributed by atoms with Crippen LogP contribution < -0.4 is 14.2 Å². The average molecular weight is 537 g/mol. The quantitative estimate of drug-likeness (QED) is 0.144. The van der Waals surface area contributed by atoms with Crippen LogP contribution in [0.4, 0.5) is 0 Å². The van der Waals surface area contributed by atoms with Crippen LogP contribution in [0.1, 0.15) is 15.9 Å². The van der Waals surface area contributed by atoms with Crippen LogP contribution in [0.5, 0.6) is 17.2 Å². The van der Waals surface area contributed by atoms with Gasteiger partial charge in [-0.25, -0.2) is 0 Å². The number of benzene rings is 2. The van der Waals surface area contributed by atoms with Gasteiger partial charge in [-0.05, 0) is 29.8 Å². The van der Waals surface area contributed by atoms with Crippen molar-refractivity contribution in [2.75, 3.05) is 13.2 Å². The second-order valence-corrected chi connectivity index (χ2v) is 11.5. The van der Waals surface area contributed by atoms with Gasteiger partial charge in [0.05, 0.1) is 0 Å². The molecule has 0 unspecified atom stereocenters. The van der Waals surface area contributed by atoms with E-state index in [4.69, 9.17) is 91.6 Å². The van der Waals surface area contributed by atoms with Gasteiger partial charge in [0.15, 0.2) is 0 Å². The normalized spacial score (nSPS) is 12.6. The Morgan fingerprint density at radius 2 is 1.07 bits per heavy atom. The van der Waals surface area contributed by atoms with Crippen LogP contribution in [0.2, 0.25) is 0 Å². The zero-order chi connectivity index (χ0) is 32.1. The van der Waals surface area contributed by atoms with Gasteiger partial charge in [0.1, 0.15) is 56.6 Å². The first-order valence-corrected chi connectivity index (χ1v) is 14.4. The van der Waals surface area contributed by atoms with Gasteiger partial charge in [-0.2, -0.15) is 0 Å². The summed E-state index contributed by atoms with van der Waals surface area (Å²) in [7, 11) is 59.5. The van der Waals surface area contributed by atoms with Crippen molar-refractivity contribution in [3.05, 3.63) is 76.5 Å². The molecule has 4 nitrogen and oxygen atoms in total. The maximum atomic E-state index is 11.2. The molecule has 20 radical (unpaired) electrons. The molecule has 44 heavy (non-hydrogen) atoms. The maximum absolute atomic E-state index is 11.2. The Hall–Kier alpha value is -1.71. The Morgan fingerprint density at radius 3 is 1.50 bits per heavy atom. The predicted octanol–water partition coefficient (Wildman–Crippen LogP) is -3.90. The van der Waals surface area contributed by atoms with Crippen molar-refractivity contribution < 1.29 is 19.0 Å². The lowest BCUT2D eigenvalue weighted by Crippen LogP contribution is -2.64. The van der Waals surface area contributed by atoms with E-state index in [1.54, 1.807) is 30.3 Å². The Bertz CT molecular complexity index is 1290. The third-order valence-corrected chi connectivity index (χ3v) is 8.07. The summed E-state index contributed by atoms with van der Waals surface area (Å²) in [6, 6.07) is 12.4. The maximum Gasteiger partial charge on any atom is 0.150 e. The van der Waals surface area contributed by atoms with Gasteiger partial charge in [-0.3, -0.25) is 4.79 Å². The highest BCUT2D eigenvalue weighted by atomic mass is 16.5. The highest BCUT2D eigenvalue weighted by molar-refractivity contribution is 8.02. The van der Waals surface area contributed by atoms with E-state index in [1.165, 1.54) is 0 Å². The van der Waals surface area contributed by atoms with Crippen molar-refractivity contribution in [1.82, 2.24) is 0 Å². The summed E-state index contributed by atoms with van der Waals surface area (Å²) in [6.45, 7) is 0.659. The number of aldehydes is 1. The van der Waals surface area contributed by atoms with E-state index >= 15 is 0 Å². The molecule has 2 aromatic carbocycles. The Kier molecular flexibility index (Phi) is 12.6. The lowest BCUT2D eigenvalue weighted by Gasteiger charge is -2.26. The standard InChI is InChI=1S/C20H16B20O4/c21-33(22)37(29)39(35(25)26)31-8-16(31)12-43-19-5-15(11-42-18-3-1-2-14(4-18)10-41)6-20(7-19)44-13-17-9-32(17)40(36(27)28)38(30)34(23)24/h1-10H,11-13H2. The lowest BCUT2D eigenvalue weighted by atomic mass is 8.57. The summed E-state index contributed by atoms with van der Waals surface area (Å²) in [5.74, 6) is 5.67. The summed E-state index contributed by atoms with van der Waals surface area (Å²) in [5.41, 5.74) is 3.28. The highest BCUT2D eigenvalue weighted by Crippen LogP contribution is 2.30. The fourth-order valence-electron chi connectivity index (χ4n) is 5.41. The molecule has 2 heterocycles. The first-order valence-electron chi connectivity index (χ1n) is 14.4. The zero-order valence-corrected chi connectivity index (χ0v) is 24.6. The van der Waals surface area contributed by atoms with E-state index in [0.29, 0.717) is 22.8 Å². The summed E-state index contributed by atoms with van der Waals surface area (Å²) in [4.78, 5) is 11.2. The van der Waals surface area contributed by atoms with Gasteiger partial charge in [0.25, 0.3) is 0 Å². The minimum Gasteiger partial charge on any atom is -0.490 e. The molecular formula is C20H16B20O4. The van der Waals surface area contributed by atoms with E-state index in [9.17, 15) is 4.79 Å². The molecule has 0 N–H and O–H groups in total. The van der Waals surface area contributed by atoms with Crippen LogP contribution in [-0.4, -0.2) is 161 Å². The number of carbonyl (C=O) groups is 1. The van der Waals surface area contributed by atoms with Crippen LogP contribution in [0.3, 0.4) is 0 Å². The van der Waals surface area contributed by atoms with Crippen molar-refractivity contribution in [2.45, 2.75) is 6.61 Å². The van der Waals surface area contributed by atoms with Crippen molar-refractivity contribution in [1.29, 1.82) is 0 Å². The smallest absolute Gasteiger partial charge is 0.150 e. The molecule has 180 valence electrons. The van der Waals surface area contributed by atoms with E-state index in [1.807, 2.05) is 24.1 Å². The Morgan fingerprint density at radius 1 is 0.591 bits per heavy atom. The molecule has 4 rings (SSSR count). The van der Waals surface area contributed by atoms with Gasteiger partial charge >= 0.3 is 0 Å². The fourth-order valence-corrected chi connectivity index (χ4v) is 5.41. The van der Waals surface area contributed by atoms with E-state index in [2.05, 4.69) is 0 Å². The van der Waals surface area contributed by atoms with Crippen LogP contribution >= 0.6 is 0 Å². The predicted molar refractivity (Wildman–Crippen MR) is 205 cm³/mol. The molecule has 0 amide bonds. The van der Waals surface area contributed by atoms with Crippen molar-refractivity contribution >= 4 is 148 Å². The summed E-state index contributed by atoms with van der Waals surface area (Å²) >= 11 is 0. The number of ether oxygens (including phenoxy) is 3. The molecule has 0 atom stereocenters. The van der Waals surface area contributed by atoms with Crippen LogP contribution in [-0.2, 0) is 6.61 Å². The average Bonchev–Trinajstić information content (AvgIpc) is 3.91. The minimum absolute atomic E-state index is 0.0551. The third kappa shape index (κ3) is 9.41. The second-order valence-electron chi connectivity index (χ2n) is 11.5. The summed E-state index contributed by atoms with van der Waals surface area (Å²) in [5, 5.41) is 0. The molecule has 0 aliphatic carbocycles. The van der Waals surface area contributed by atoms with E-state index in [0.717, 1.165) is 22.8 Å². The molecule has 0 saturated carbocycles. The van der Waals surface area contributed by atoms with Crippen LogP contribution in [0.25, 0.3) is 0 Å². The van der Waals surface area contributed by atoms with Gasteiger partial charge in [-0.1, -0.05) is 23.1 Å². The van der Waals surface area contributed by atoms with Crippen molar-refractivity contribution in [3.63, 3.8) is 0 Å². The van der Waals surface area contributed by atoms with Gasteiger partial charge in [-0.15, -0.1) is 12.0 Å². The van der Waals surface area contributed by atoms with Crippen LogP contribution in [0, 0.1) is 0 Å². The van der Waals surface area contributed by atoms with E-state index < -0.39 is 38.3 Å². The molecule has 0 aromatic heterocycles. The largest absolute Gasteiger partial charge is 0.490 e. The van der Waals surface area contributed by atoms with Gasteiger partial charge in [0, 0.05) is 140 Å². The molecule has 2 aliphatic rings. The summed E-state index contributed by atoms with van der Waals surface area (Å²) in [6.07, 6.45) is -3.92. The van der Waals surface area contributed by atoms with Gasteiger partial charge in [0.2, 0.25) is 0 Å². The molecule has 24 heteroatoms. The van der Waals surface area contributed by atoms with Crippen molar-refractivity contribution in [3.8, 4) is 17.2 Å². The SMILES string of the molecule is [B]B([B])B([B])B(B([B])[B])B1C=C1COc1cc(COc2cccc(C=O)c2)cc(OCC2=CB2B(B([B])[B])B([B])B([B])[B])c1. The molecular weight excluding hydrogens is 520 g/mol. The second kappa shape index (κ2) is 15.7. The molecule has 0 bridgehead atoms. The molecule has 0 fully saturated rings. The zero-order valence-electron chi connectivity index (χ0n) is 24.6. The molecule has 0 saturated heterocycles. The Balaban J connectivity index is 1.43. The molecule has 0 spiro atoms. The first kappa shape index (κ1) is 35.1.